The molecule has 1 heterocycles. The molecule has 5 nitrogen and oxygen atoms in total. The first-order valence-electron chi connectivity index (χ1n) is 8.45. The van der Waals surface area contributed by atoms with Gasteiger partial charge in [0.2, 0.25) is 0 Å². The number of nitrogens with one attached hydrogen (secondary N) is 1. The molecule has 2 amide bonds. The molecule has 28 heavy (non-hydrogen) atoms. The fourth-order valence-electron chi connectivity index (χ4n) is 2.56. The van der Waals surface area contributed by atoms with E-state index in [0.29, 0.717) is 17.9 Å². The maximum absolute atomic E-state index is 12.9. The van der Waals surface area contributed by atoms with Crippen LogP contribution in [0.3, 0.4) is 0 Å². The molecule has 2 aromatic carbocycles. The fraction of sp³-hybridized carbons (Fsp3) is 0.0952. The van der Waals surface area contributed by atoms with Crippen molar-refractivity contribution in [3.05, 3.63) is 83.7 Å². The van der Waals surface area contributed by atoms with Gasteiger partial charge in [-0.3, -0.25) is 19.8 Å². The van der Waals surface area contributed by atoms with E-state index in [4.69, 9.17) is 17.0 Å². The summed E-state index contributed by atoms with van der Waals surface area (Å²) in [6.45, 7) is 4.10. The molecule has 0 atom stereocenters. The molecule has 1 N–H and O–H groups in total. The highest BCUT2D eigenvalue weighted by molar-refractivity contribution is 7.80. The molecule has 1 fully saturated rings. The van der Waals surface area contributed by atoms with Crippen LogP contribution in [0.2, 0.25) is 0 Å². The number of thiocarbonyl (C=S) groups is 1. The minimum absolute atomic E-state index is 0.00423. The molecular weight excluding hydrogens is 379 g/mol. The third-order valence-electron chi connectivity index (χ3n) is 4.01. The Balaban J connectivity index is 1.70. The molecule has 7 heteroatoms. The van der Waals surface area contributed by atoms with Gasteiger partial charge in [0.1, 0.15) is 23.7 Å². The Morgan fingerprint density at radius 3 is 2.43 bits per heavy atom. The summed E-state index contributed by atoms with van der Waals surface area (Å²) in [6.07, 6.45) is 3.03. The normalized spacial score (nSPS) is 15.5. The van der Waals surface area contributed by atoms with E-state index in [1.165, 1.54) is 29.2 Å². The van der Waals surface area contributed by atoms with Crippen molar-refractivity contribution >= 4 is 35.2 Å². The maximum Gasteiger partial charge on any atom is 0.265 e. The molecule has 2 aromatic rings. The van der Waals surface area contributed by atoms with Crippen LogP contribution in [0.4, 0.5) is 4.39 Å². The molecule has 0 unspecified atom stereocenters. The summed E-state index contributed by atoms with van der Waals surface area (Å²) < 4.78 is 18.6. The minimum Gasteiger partial charge on any atom is -0.489 e. The van der Waals surface area contributed by atoms with Gasteiger partial charge in [-0.25, -0.2) is 4.39 Å². The quantitative estimate of drug-likeness (QED) is 0.353. The number of halogens is 1. The summed E-state index contributed by atoms with van der Waals surface area (Å²) in [7, 11) is 0. The second-order valence-electron chi connectivity index (χ2n) is 6.01. The number of benzene rings is 2. The molecular formula is C21H17FN2O3S. The fourth-order valence-corrected chi connectivity index (χ4v) is 2.81. The van der Waals surface area contributed by atoms with Crippen LogP contribution in [-0.4, -0.2) is 28.4 Å². The third kappa shape index (κ3) is 4.50. The smallest absolute Gasteiger partial charge is 0.265 e. The van der Waals surface area contributed by atoms with Crippen LogP contribution in [0.25, 0.3) is 6.08 Å². The lowest BCUT2D eigenvalue weighted by molar-refractivity contribution is -0.128. The zero-order valence-electron chi connectivity index (χ0n) is 14.9. The number of carbonyl (C=O) groups is 2. The zero-order chi connectivity index (χ0) is 20.1. The molecule has 0 aromatic heterocycles. The van der Waals surface area contributed by atoms with Crippen molar-refractivity contribution in [3.8, 4) is 5.75 Å². The Kier molecular flexibility index (Phi) is 5.96. The standard InChI is InChI=1S/C21H17FN2O3S/c1-2-11-24-20(26)18(19(25)23-21(24)28)12-14-5-9-17(10-6-14)27-13-15-3-7-16(22)8-4-15/h2-10,12H,1,11,13H2,(H,23,25,28)/b18-12-. The average molecular weight is 396 g/mol. The van der Waals surface area contributed by atoms with Gasteiger partial charge in [0.25, 0.3) is 11.8 Å². The minimum atomic E-state index is -0.535. The van der Waals surface area contributed by atoms with Gasteiger partial charge in [-0.05, 0) is 53.7 Å². The topological polar surface area (TPSA) is 58.6 Å². The summed E-state index contributed by atoms with van der Waals surface area (Å²) in [4.78, 5) is 25.9. The van der Waals surface area contributed by atoms with E-state index in [0.717, 1.165) is 5.56 Å². The molecule has 1 saturated heterocycles. The SMILES string of the molecule is C=CCN1C(=O)/C(=C\c2ccc(OCc3ccc(F)cc3)cc2)C(=O)NC1=S. The largest absolute Gasteiger partial charge is 0.489 e. The van der Waals surface area contributed by atoms with Crippen molar-refractivity contribution in [3.63, 3.8) is 0 Å². The Bertz CT molecular complexity index is 953. The molecule has 1 aliphatic rings. The summed E-state index contributed by atoms with van der Waals surface area (Å²) in [6, 6.07) is 13.0. The van der Waals surface area contributed by atoms with Crippen molar-refractivity contribution < 1.29 is 18.7 Å². The molecule has 0 aliphatic carbocycles. The van der Waals surface area contributed by atoms with Crippen LogP contribution >= 0.6 is 12.2 Å². The number of amides is 2. The Hall–Kier alpha value is -3.32. The van der Waals surface area contributed by atoms with E-state index in [9.17, 15) is 14.0 Å². The Morgan fingerprint density at radius 2 is 1.79 bits per heavy atom. The van der Waals surface area contributed by atoms with Crippen molar-refractivity contribution in [1.82, 2.24) is 10.2 Å². The summed E-state index contributed by atoms with van der Waals surface area (Å²) in [5.74, 6) is -0.688. The van der Waals surface area contributed by atoms with Crippen molar-refractivity contribution in [2.45, 2.75) is 6.61 Å². The van der Waals surface area contributed by atoms with E-state index in [-0.39, 0.29) is 23.0 Å². The van der Waals surface area contributed by atoms with E-state index in [1.807, 2.05) is 0 Å². The monoisotopic (exact) mass is 396 g/mol. The number of ether oxygens (including phenoxy) is 1. The van der Waals surface area contributed by atoms with Crippen LogP contribution < -0.4 is 10.1 Å². The van der Waals surface area contributed by atoms with Crippen LogP contribution in [-0.2, 0) is 16.2 Å². The molecule has 0 bridgehead atoms. The lowest BCUT2D eigenvalue weighted by Gasteiger charge is -2.27. The van der Waals surface area contributed by atoms with Crippen molar-refractivity contribution in [2.75, 3.05) is 6.54 Å². The van der Waals surface area contributed by atoms with E-state index < -0.39 is 11.8 Å². The number of carbonyl (C=O) groups excluding carboxylic acids is 2. The lowest BCUT2D eigenvalue weighted by atomic mass is 10.1. The van der Waals surface area contributed by atoms with Crippen LogP contribution in [0, 0.1) is 5.82 Å². The first-order valence-corrected chi connectivity index (χ1v) is 8.86. The average Bonchev–Trinajstić information content (AvgIpc) is 2.69. The van der Waals surface area contributed by atoms with Gasteiger partial charge >= 0.3 is 0 Å². The number of hydrogen-bond donors (Lipinski definition) is 1. The van der Waals surface area contributed by atoms with Gasteiger partial charge in [0.15, 0.2) is 5.11 Å². The second kappa shape index (κ2) is 8.58. The molecule has 1 aliphatic heterocycles. The van der Waals surface area contributed by atoms with Gasteiger partial charge in [0.05, 0.1) is 0 Å². The van der Waals surface area contributed by atoms with Crippen molar-refractivity contribution in [2.24, 2.45) is 0 Å². The van der Waals surface area contributed by atoms with E-state index >= 15 is 0 Å². The van der Waals surface area contributed by atoms with Gasteiger partial charge in [-0.1, -0.05) is 30.3 Å². The maximum atomic E-state index is 12.9. The lowest BCUT2D eigenvalue weighted by Crippen LogP contribution is -2.53. The van der Waals surface area contributed by atoms with Gasteiger partial charge in [-0.2, -0.15) is 0 Å². The summed E-state index contributed by atoms with van der Waals surface area (Å²) in [5.41, 5.74) is 1.50. The molecule has 142 valence electrons. The summed E-state index contributed by atoms with van der Waals surface area (Å²) in [5, 5.41) is 2.57. The van der Waals surface area contributed by atoms with Gasteiger partial charge in [-0.15, -0.1) is 6.58 Å². The van der Waals surface area contributed by atoms with Crippen LogP contribution in [0.15, 0.2) is 66.8 Å². The highest BCUT2D eigenvalue weighted by atomic mass is 32.1. The summed E-state index contributed by atoms with van der Waals surface area (Å²) >= 11 is 5.02. The number of nitrogens with zero attached hydrogens (tertiary/aromatic N) is 1. The van der Waals surface area contributed by atoms with Crippen molar-refractivity contribution in [1.29, 1.82) is 0 Å². The van der Waals surface area contributed by atoms with Gasteiger partial charge in [0, 0.05) is 6.54 Å². The highest BCUT2D eigenvalue weighted by Gasteiger charge is 2.32. The Labute approximate surface area is 167 Å². The third-order valence-corrected chi connectivity index (χ3v) is 4.33. The van der Waals surface area contributed by atoms with Crippen LogP contribution in [0.5, 0.6) is 5.75 Å². The highest BCUT2D eigenvalue weighted by Crippen LogP contribution is 2.18. The van der Waals surface area contributed by atoms with Crippen LogP contribution in [0.1, 0.15) is 11.1 Å². The Morgan fingerprint density at radius 1 is 1.11 bits per heavy atom. The van der Waals surface area contributed by atoms with Gasteiger partial charge < -0.3 is 4.74 Å². The zero-order valence-corrected chi connectivity index (χ0v) is 15.7. The first kappa shape index (κ1) is 19.4. The van der Waals surface area contributed by atoms with E-state index in [1.54, 1.807) is 36.4 Å². The number of hydrogen-bond acceptors (Lipinski definition) is 4. The van der Waals surface area contributed by atoms with E-state index in [2.05, 4.69) is 11.9 Å². The predicted octanol–water partition coefficient (Wildman–Crippen LogP) is 3.22. The molecule has 0 spiro atoms. The number of rotatable bonds is 6. The molecule has 0 saturated carbocycles. The first-order chi connectivity index (χ1) is 13.5. The second-order valence-corrected chi connectivity index (χ2v) is 6.39. The molecule has 3 rings (SSSR count). The molecule has 0 radical (unpaired) electrons. The predicted molar refractivity (Wildman–Crippen MR) is 108 cm³/mol.